The highest BCUT2D eigenvalue weighted by Gasteiger charge is 2.23. The first-order valence-electron chi connectivity index (χ1n) is 6.64. The summed E-state index contributed by atoms with van der Waals surface area (Å²) >= 11 is 2.97. The molecule has 7 heteroatoms. The lowest BCUT2D eigenvalue weighted by Gasteiger charge is -2.21. The quantitative estimate of drug-likeness (QED) is 0.806. The molecule has 4 nitrogen and oxygen atoms in total. The van der Waals surface area contributed by atoms with Gasteiger partial charge in [-0.1, -0.05) is 19.3 Å². The fraction of sp³-hybridized carbons (Fsp3) is 0.538. The van der Waals surface area contributed by atoms with Gasteiger partial charge in [-0.05, 0) is 46.8 Å². The molecule has 0 aromatic heterocycles. The van der Waals surface area contributed by atoms with Crippen molar-refractivity contribution in [1.82, 2.24) is 4.72 Å². The van der Waals surface area contributed by atoms with E-state index >= 15 is 0 Å². The van der Waals surface area contributed by atoms with E-state index in [1.54, 1.807) is 0 Å². The summed E-state index contributed by atoms with van der Waals surface area (Å²) in [5.74, 6) is -0.471. The van der Waals surface area contributed by atoms with Gasteiger partial charge in [-0.25, -0.2) is 17.5 Å². The lowest BCUT2D eigenvalue weighted by atomic mass is 9.90. The number of rotatable bonds is 4. The van der Waals surface area contributed by atoms with Crippen molar-refractivity contribution in [3.05, 3.63) is 22.4 Å². The van der Waals surface area contributed by atoms with Crippen LogP contribution in [0.5, 0.6) is 0 Å². The molecule has 1 aromatic carbocycles. The molecule has 1 aliphatic carbocycles. The van der Waals surface area contributed by atoms with Crippen LogP contribution >= 0.6 is 15.9 Å². The molecule has 3 N–H and O–H groups in total. The van der Waals surface area contributed by atoms with Crippen LogP contribution in [-0.4, -0.2) is 15.0 Å². The third-order valence-corrected chi connectivity index (χ3v) is 5.59. The molecule has 20 heavy (non-hydrogen) atoms. The van der Waals surface area contributed by atoms with Gasteiger partial charge in [-0.2, -0.15) is 0 Å². The minimum atomic E-state index is -3.87. The lowest BCUT2D eigenvalue weighted by molar-refractivity contribution is 0.357. The second-order valence-corrected chi connectivity index (χ2v) is 7.76. The predicted molar refractivity (Wildman–Crippen MR) is 80.3 cm³/mol. The molecule has 1 saturated carbocycles. The van der Waals surface area contributed by atoms with Crippen LogP contribution in [0.25, 0.3) is 0 Å². The minimum Gasteiger partial charge on any atom is -0.399 e. The smallest absolute Gasteiger partial charge is 0.243 e. The van der Waals surface area contributed by atoms with Crippen LogP contribution in [0.4, 0.5) is 10.1 Å². The average Bonchev–Trinajstić information content (AvgIpc) is 2.42. The first-order valence-corrected chi connectivity index (χ1v) is 8.92. The molecule has 112 valence electrons. The molecule has 0 radical (unpaired) electrons. The van der Waals surface area contributed by atoms with Crippen LogP contribution < -0.4 is 10.5 Å². The average molecular weight is 365 g/mol. The summed E-state index contributed by atoms with van der Waals surface area (Å²) in [6.07, 6.45) is 5.51. The zero-order valence-electron chi connectivity index (χ0n) is 11.0. The maximum Gasteiger partial charge on any atom is 0.243 e. The van der Waals surface area contributed by atoms with Crippen molar-refractivity contribution in [2.24, 2.45) is 5.92 Å². The molecule has 1 fully saturated rings. The Bertz CT molecular complexity index is 586. The van der Waals surface area contributed by atoms with Gasteiger partial charge in [0.2, 0.25) is 10.0 Å². The highest BCUT2D eigenvalue weighted by atomic mass is 79.9. The number of anilines is 1. The summed E-state index contributed by atoms with van der Waals surface area (Å²) in [5.41, 5.74) is 5.78. The summed E-state index contributed by atoms with van der Waals surface area (Å²) in [6, 6.07) is 2.48. The van der Waals surface area contributed by atoms with Crippen LogP contribution in [0.2, 0.25) is 0 Å². The van der Waals surface area contributed by atoms with Gasteiger partial charge >= 0.3 is 0 Å². The van der Waals surface area contributed by atoms with E-state index in [9.17, 15) is 12.8 Å². The molecule has 0 unspecified atom stereocenters. The van der Waals surface area contributed by atoms with Crippen molar-refractivity contribution in [3.8, 4) is 0 Å². The van der Waals surface area contributed by atoms with E-state index in [0.29, 0.717) is 12.5 Å². The number of nitrogens with two attached hydrogens (primary N) is 1. The molecule has 0 atom stereocenters. The number of nitrogen functional groups attached to an aromatic ring is 1. The van der Waals surface area contributed by atoms with Gasteiger partial charge in [0.05, 0.1) is 4.47 Å². The van der Waals surface area contributed by atoms with E-state index < -0.39 is 20.7 Å². The molecular formula is C13H18BrFN2O2S. The summed E-state index contributed by atoms with van der Waals surface area (Å²) in [7, 11) is -3.87. The van der Waals surface area contributed by atoms with E-state index in [0.717, 1.165) is 31.7 Å². The maximum absolute atomic E-state index is 13.9. The van der Waals surface area contributed by atoms with Gasteiger partial charge in [-0.3, -0.25) is 0 Å². The summed E-state index contributed by atoms with van der Waals surface area (Å²) < 4.78 is 40.8. The molecule has 0 amide bonds. The Morgan fingerprint density at radius 3 is 2.60 bits per heavy atom. The van der Waals surface area contributed by atoms with E-state index in [-0.39, 0.29) is 10.2 Å². The fourth-order valence-electron chi connectivity index (χ4n) is 2.48. The van der Waals surface area contributed by atoms with E-state index in [1.807, 2.05) is 0 Å². The van der Waals surface area contributed by atoms with Crippen LogP contribution in [0.1, 0.15) is 32.1 Å². The molecule has 1 aromatic rings. The first-order chi connectivity index (χ1) is 9.40. The van der Waals surface area contributed by atoms with Gasteiger partial charge < -0.3 is 5.73 Å². The van der Waals surface area contributed by atoms with Crippen molar-refractivity contribution in [3.63, 3.8) is 0 Å². The van der Waals surface area contributed by atoms with Crippen molar-refractivity contribution in [2.75, 3.05) is 12.3 Å². The molecule has 1 aliphatic rings. The number of nitrogens with one attached hydrogen (secondary N) is 1. The number of hydrogen-bond acceptors (Lipinski definition) is 3. The van der Waals surface area contributed by atoms with Crippen molar-refractivity contribution < 1.29 is 12.8 Å². The Hall–Kier alpha value is -0.660. The molecule has 0 saturated heterocycles. The van der Waals surface area contributed by atoms with Crippen LogP contribution in [0.15, 0.2) is 21.5 Å². The van der Waals surface area contributed by atoms with Crippen LogP contribution in [0, 0.1) is 11.7 Å². The highest BCUT2D eigenvalue weighted by molar-refractivity contribution is 9.10. The Morgan fingerprint density at radius 1 is 1.30 bits per heavy atom. The Labute approximate surface area is 127 Å². The predicted octanol–water partition coefficient (Wildman–Crippen LogP) is 3.03. The van der Waals surface area contributed by atoms with E-state index in [1.165, 1.54) is 12.5 Å². The summed E-state index contributed by atoms with van der Waals surface area (Å²) in [6.45, 7) is 0.355. The first kappa shape index (κ1) is 15.7. The summed E-state index contributed by atoms with van der Waals surface area (Å²) in [4.78, 5) is -0.403. The molecule has 0 bridgehead atoms. The molecule has 0 aliphatic heterocycles. The zero-order valence-corrected chi connectivity index (χ0v) is 13.4. The Kier molecular flexibility index (Phi) is 5.04. The second kappa shape index (κ2) is 6.41. The second-order valence-electron chi connectivity index (χ2n) is 5.17. The largest absolute Gasteiger partial charge is 0.399 e. The zero-order chi connectivity index (χ0) is 14.8. The molecule has 2 rings (SSSR count). The third kappa shape index (κ3) is 3.71. The Morgan fingerprint density at radius 2 is 1.95 bits per heavy atom. The van der Waals surface area contributed by atoms with E-state index in [2.05, 4.69) is 20.7 Å². The monoisotopic (exact) mass is 364 g/mol. The molecule has 0 heterocycles. The van der Waals surface area contributed by atoms with Gasteiger partial charge in [0.15, 0.2) is 5.82 Å². The normalized spacial score (nSPS) is 17.3. The molecule has 0 spiro atoms. The third-order valence-electron chi connectivity index (χ3n) is 3.59. The van der Waals surface area contributed by atoms with E-state index in [4.69, 9.17) is 5.73 Å². The Balaban J connectivity index is 2.14. The maximum atomic E-state index is 13.9. The molecular weight excluding hydrogens is 347 g/mol. The highest BCUT2D eigenvalue weighted by Crippen LogP contribution is 2.27. The summed E-state index contributed by atoms with van der Waals surface area (Å²) in [5, 5.41) is 0. The number of sulfonamides is 1. The lowest BCUT2D eigenvalue weighted by Crippen LogP contribution is -2.31. The van der Waals surface area contributed by atoms with Gasteiger partial charge in [0, 0.05) is 12.2 Å². The fourth-order valence-corrected chi connectivity index (χ4v) is 4.33. The van der Waals surface area contributed by atoms with Crippen LogP contribution in [0.3, 0.4) is 0 Å². The number of benzene rings is 1. The number of hydrogen-bond donors (Lipinski definition) is 2. The van der Waals surface area contributed by atoms with Crippen LogP contribution in [-0.2, 0) is 10.0 Å². The van der Waals surface area contributed by atoms with Gasteiger partial charge in [0.1, 0.15) is 4.90 Å². The minimum absolute atomic E-state index is 0.0514. The SMILES string of the molecule is Nc1cc(Br)c(F)c(S(=O)(=O)NCC2CCCCC2)c1. The van der Waals surface area contributed by atoms with Crippen molar-refractivity contribution in [2.45, 2.75) is 37.0 Å². The topological polar surface area (TPSA) is 72.2 Å². The van der Waals surface area contributed by atoms with Crippen molar-refractivity contribution >= 4 is 31.6 Å². The number of halogens is 2. The van der Waals surface area contributed by atoms with Gasteiger partial charge in [0.25, 0.3) is 0 Å². The standard InChI is InChI=1S/C13H18BrFN2O2S/c14-11-6-10(16)7-12(13(11)15)20(18,19)17-8-9-4-2-1-3-5-9/h6-7,9,17H,1-5,8,16H2. The van der Waals surface area contributed by atoms with Crippen molar-refractivity contribution in [1.29, 1.82) is 0 Å². The van der Waals surface area contributed by atoms with Gasteiger partial charge in [-0.15, -0.1) is 0 Å².